The van der Waals surface area contributed by atoms with Crippen molar-refractivity contribution in [2.75, 3.05) is 11.4 Å². The summed E-state index contributed by atoms with van der Waals surface area (Å²) in [6.07, 6.45) is 1.96. The van der Waals surface area contributed by atoms with Crippen LogP contribution in [-0.2, 0) is 13.0 Å². The standard InChI is InChI=1S/C16H14BrNO/c17-15-6-5-14(11-19)16(9-15)18-8-7-12-3-1-2-4-13(12)10-18/h1-6,9,11H,7-8,10H2. The SMILES string of the molecule is O=Cc1ccc(Br)cc1N1CCc2ccccc2C1. The van der Waals surface area contributed by atoms with Crippen LogP contribution in [0.25, 0.3) is 0 Å². The summed E-state index contributed by atoms with van der Waals surface area (Å²) < 4.78 is 1.01. The maximum Gasteiger partial charge on any atom is 0.152 e. The van der Waals surface area contributed by atoms with Crippen molar-refractivity contribution >= 4 is 27.9 Å². The van der Waals surface area contributed by atoms with Crippen molar-refractivity contribution < 1.29 is 4.79 Å². The first-order chi connectivity index (χ1) is 9.28. The van der Waals surface area contributed by atoms with E-state index in [9.17, 15) is 4.79 Å². The highest BCUT2D eigenvalue weighted by Gasteiger charge is 2.18. The van der Waals surface area contributed by atoms with Gasteiger partial charge in [-0.25, -0.2) is 0 Å². The predicted octanol–water partition coefficient (Wildman–Crippen LogP) is 3.82. The van der Waals surface area contributed by atoms with Crippen molar-refractivity contribution in [1.82, 2.24) is 0 Å². The molecule has 0 N–H and O–H groups in total. The summed E-state index contributed by atoms with van der Waals surface area (Å²) in [6.45, 7) is 1.82. The number of fused-ring (bicyclic) bond motifs is 1. The van der Waals surface area contributed by atoms with E-state index in [-0.39, 0.29) is 0 Å². The lowest BCUT2D eigenvalue weighted by atomic mass is 9.99. The zero-order chi connectivity index (χ0) is 13.2. The van der Waals surface area contributed by atoms with Crippen LogP contribution in [0.3, 0.4) is 0 Å². The molecule has 3 rings (SSSR count). The van der Waals surface area contributed by atoms with Crippen molar-refractivity contribution in [2.45, 2.75) is 13.0 Å². The van der Waals surface area contributed by atoms with Gasteiger partial charge in [0.25, 0.3) is 0 Å². The van der Waals surface area contributed by atoms with Gasteiger partial charge >= 0.3 is 0 Å². The molecule has 1 aliphatic rings. The first-order valence-electron chi connectivity index (χ1n) is 6.34. The molecule has 0 saturated heterocycles. The molecule has 2 aromatic carbocycles. The summed E-state index contributed by atoms with van der Waals surface area (Å²) in [7, 11) is 0. The van der Waals surface area contributed by atoms with Gasteiger partial charge in [-0.2, -0.15) is 0 Å². The van der Waals surface area contributed by atoms with Crippen molar-refractivity contribution in [3.8, 4) is 0 Å². The van der Waals surface area contributed by atoms with Gasteiger partial charge < -0.3 is 4.90 Å². The minimum Gasteiger partial charge on any atom is -0.366 e. The van der Waals surface area contributed by atoms with E-state index in [1.807, 2.05) is 18.2 Å². The second-order valence-electron chi connectivity index (χ2n) is 4.76. The molecule has 0 atom stereocenters. The Morgan fingerprint density at radius 1 is 1.11 bits per heavy atom. The third kappa shape index (κ3) is 2.43. The molecule has 2 nitrogen and oxygen atoms in total. The van der Waals surface area contributed by atoms with E-state index in [0.29, 0.717) is 0 Å². The molecule has 1 heterocycles. The summed E-state index contributed by atoms with van der Waals surface area (Å²) in [5.74, 6) is 0. The topological polar surface area (TPSA) is 20.3 Å². The molecule has 0 amide bonds. The van der Waals surface area contributed by atoms with E-state index >= 15 is 0 Å². The second kappa shape index (κ2) is 5.17. The number of hydrogen-bond donors (Lipinski definition) is 0. The third-order valence-corrected chi connectivity index (χ3v) is 4.08. The largest absolute Gasteiger partial charge is 0.366 e. The fourth-order valence-electron chi connectivity index (χ4n) is 2.59. The highest BCUT2D eigenvalue weighted by atomic mass is 79.9. The lowest BCUT2D eigenvalue weighted by Crippen LogP contribution is -2.31. The Morgan fingerprint density at radius 2 is 1.89 bits per heavy atom. The monoisotopic (exact) mass is 315 g/mol. The normalized spacial score (nSPS) is 14.1. The molecule has 0 fully saturated rings. The van der Waals surface area contributed by atoms with E-state index < -0.39 is 0 Å². The van der Waals surface area contributed by atoms with Crippen LogP contribution in [0.2, 0.25) is 0 Å². The summed E-state index contributed by atoms with van der Waals surface area (Å²) in [5, 5.41) is 0. The minimum atomic E-state index is 0.752. The fraction of sp³-hybridized carbons (Fsp3) is 0.188. The van der Waals surface area contributed by atoms with Crippen LogP contribution in [0, 0.1) is 0 Å². The van der Waals surface area contributed by atoms with E-state index in [1.165, 1.54) is 11.1 Å². The van der Waals surface area contributed by atoms with Gasteiger partial charge in [0.1, 0.15) is 0 Å². The van der Waals surface area contributed by atoms with Gasteiger partial charge in [-0.05, 0) is 35.7 Å². The number of nitrogens with zero attached hydrogens (tertiary/aromatic N) is 1. The van der Waals surface area contributed by atoms with Gasteiger partial charge in [-0.15, -0.1) is 0 Å². The molecule has 19 heavy (non-hydrogen) atoms. The summed E-state index contributed by atoms with van der Waals surface area (Å²) >= 11 is 3.48. The molecule has 0 unspecified atom stereocenters. The second-order valence-corrected chi connectivity index (χ2v) is 5.68. The van der Waals surface area contributed by atoms with Crippen LogP contribution in [0.15, 0.2) is 46.9 Å². The molecular formula is C16H14BrNO. The fourth-order valence-corrected chi connectivity index (χ4v) is 2.94. The molecule has 0 aromatic heterocycles. The van der Waals surface area contributed by atoms with Gasteiger partial charge in [-0.1, -0.05) is 40.2 Å². The zero-order valence-electron chi connectivity index (χ0n) is 10.5. The van der Waals surface area contributed by atoms with Gasteiger partial charge in [0.05, 0.1) is 0 Å². The Kier molecular flexibility index (Phi) is 3.38. The Bertz CT molecular complexity index is 624. The minimum absolute atomic E-state index is 0.752. The van der Waals surface area contributed by atoms with Crippen LogP contribution >= 0.6 is 15.9 Å². The number of halogens is 1. The van der Waals surface area contributed by atoms with Gasteiger partial charge in [0.2, 0.25) is 0 Å². The number of aldehydes is 1. The van der Waals surface area contributed by atoms with E-state index in [2.05, 4.69) is 45.1 Å². The first-order valence-corrected chi connectivity index (χ1v) is 7.13. The molecule has 0 aliphatic carbocycles. The van der Waals surface area contributed by atoms with E-state index in [4.69, 9.17) is 0 Å². The van der Waals surface area contributed by atoms with E-state index in [1.54, 1.807) is 0 Å². The molecule has 0 saturated carbocycles. The third-order valence-electron chi connectivity index (χ3n) is 3.59. The molecule has 0 radical (unpaired) electrons. The lowest BCUT2D eigenvalue weighted by molar-refractivity contribution is 0.112. The summed E-state index contributed by atoms with van der Waals surface area (Å²) in [6, 6.07) is 14.3. The highest BCUT2D eigenvalue weighted by Crippen LogP contribution is 2.29. The maximum absolute atomic E-state index is 11.2. The highest BCUT2D eigenvalue weighted by molar-refractivity contribution is 9.10. The van der Waals surface area contributed by atoms with Crippen LogP contribution in [-0.4, -0.2) is 12.8 Å². The average Bonchev–Trinajstić information content (AvgIpc) is 2.46. The number of benzene rings is 2. The maximum atomic E-state index is 11.2. The van der Waals surface area contributed by atoms with E-state index in [0.717, 1.165) is 41.5 Å². The Labute approximate surface area is 121 Å². The molecule has 0 bridgehead atoms. The predicted molar refractivity (Wildman–Crippen MR) is 80.7 cm³/mol. The molecule has 96 valence electrons. The van der Waals surface area contributed by atoms with Crippen LogP contribution in [0.4, 0.5) is 5.69 Å². The van der Waals surface area contributed by atoms with Crippen molar-refractivity contribution in [3.63, 3.8) is 0 Å². The van der Waals surface area contributed by atoms with Crippen LogP contribution < -0.4 is 4.90 Å². The number of anilines is 1. The van der Waals surface area contributed by atoms with Gasteiger partial charge in [-0.3, -0.25) is 4.79 Å². The number of carbonyl (C=O) groups is 1. The average molecular weight is 316 g/mol. The number of hydrogen-bond acceptors (Lipinski definition) is 2. The van der Waals surface area contributed by atoms with Crippen molar-refractivity contribution in [2.24, 2.45) is 0 Å². The molecule has 3 heteroatoms. The number of carbonyl (C=O) groups excluding carboxylic acids is 1. The quantitative estimate of drug-likeness (QED) is 0.785. The Hall–Kier alpha value is -1.61. The summed E-state index contributed by atoms with van der Waals surface area (Å²) in [5.41, 5.74) is 4.54. The van der Waals surface area contributed by atoms with Crippen molar-refractivity contribution in [1.29, 1.82) is 0 Å². The lowest BCUT2D eigenvalue weighted by Gasteiger charge is -2.31. The Balaban J connectivity index is 1.97. The van der Waals surface area contributed by atoms with Crippen LogP contribution in [0.1, 0.15) is 21.5 Å². The first kappa shape index (κ1) is 12.4. The molecular weight excluding hydrogens is 302 g/mol. The molecule has 0 spiro atoms. The zero-order valence-corrected chi connectivity index (χ0v) is 12.1. The van der Waals surface area contributed by atoms with Gasteiger partial charge in [0, 0.05) is 28.8 Å². The number of rotatable bonds is 2. The molecule has 2 aromatic rings. The Morgan fingerprint density at radius 3 is 2.68 bits per heavy atom. The summed E-state index contributed by atoms with van der Waals surface area (Å²) in [4.78, 5) is 13.5. The van der Waals surface area contributed by atoms with Crippen molar-refractivity contribution in [3.05, 3.63) is 63.6 Å². The van der Waals surface area contributed by atoms with Gasteiger partial charge in [0.15, 0.2) is 6.29 Å². The smallest absolute Gasteiger partial charge is 0.152 e. The van der Waals surface area contributed by atoms with Crippen LogP contribution in [0.5, 0.6) is 0 Å². The molecule has 1 aliphatic heterocycles.